The van der Waals surface area contributed by atoms with Gasteiger partial charge < -0.3 is 0 Å². The van der Waals surface area contributed by atoms with E-state index >= 15 is 0 Å². The summed E-state index contributed by atoms with van der Waals surface area (Å²) >= 11 is 0. The molecule has 0 aromatic heterocycles. The van der Waals surface area contributed by atoms with Crippen molar-refractivity contribution in [1.29, 1.82) is 0 Å². The van der Waals surface area contributed by atoms with Crippen LogP contribution in [0.2, 0.25) is 0 Å². The first-order valence-electron chi connectivity index (χ1n) is 13.7. The molecule has 39 heavy (non-hydrogen) atoms. The molecule has 0 saturated carbocycles. The van der Waals surface area contributed by atoms with Gasteiger partial charge in [0.05, 0.1) is 0 Å². The number of aryl methyl sites for hydroxylation is 3. The Labute approximate surface area is 230 Å². The second-order valence-electron chi connectivity index (χ2n) is 10.9. The van der Waals surface area contributed by atoms with E-state index in [0.717, 1.165) is 0 Å². The highest BCUT2D eigenvalue weighted by molar-refractivity contribution is 6.26. The highest BCUT2D eigenvalue weighted by atomic mass is 14.2. The van der Waals surface area contributed by atoms with Crippen molar-refractivity contribution in [3.05, 3.63) is 144 Å². The van der Waals surface area contributed by atoms with E-state index in [0.29, 0.717) is 0 Å². The zero-order valence-corrected chi connectivity index (χ0v) is 22.6. The number of fused-ring (bicyclic) bond motifs is 6. The lowest BCUT2D eigenvalue weighted by Crippen LogP contribution is -1.88. The van der Waals surface area contributed by atoms with Crippen LogP contribution in [-0.2, 0) is 0 Å². The molecule has 0 aliphatic heterocycles. The Kier molecular flexibility index (Phi) is 5.56. The van der Waals surface area contributed by atoms with Crippen molar-refractivity contribution in [2.75, 3.05) is 0 Å². The van der Waals surface area contributed by atoms with Crippen LogP contribution in [0.4, 0.5) is 0 Å². The molecule has 0 nitrogen and oxygen atoms in total. The molecule has 7 aromatic rings. The van der Waals surface area contributed by atoms with E-state index < -0.39 is 0 Å². The molecule has 186 valence electrons. The topological polar surface area (TPSA) is 0 Å². The molecule has 0 heteroatoms. The van der Waals surface area contributed by atoms with Crippen LogP contribution >= 0.6 is 0 Å². The van der Waals surface area contributed by atoms with Crippen LogP contribution in [0.25, 0.3) is 65.7 Å². The lowest BCUT2D eigenvalue weighted by atomic mass is 9.88. The number of hydrogen-bond acceptors (Lipinski definition) is 0. The zero-order valence-electron chi connectivity index (χ0n) is 22.6. The van der Waals surface area contributed by atoms with Gasteiger partial charge in [-0.05, 0) is 105 Å². The number of hydrogen-bond donors (Lipinski definition) is 0. The molecule has 0 radical (unpaired) electrons. The molecule has 0 bridgehead atoms. The summed E-state index contributed by atoms with van der Waals surface area (Å²) in [5.41, 5.74) is 11.4. The largest absolute Gasteiger partial charge is 0.0614 e. The van der Waals surface area contributed by atoms with Gasteiger partial charge in [-0.25, -0.2) is 0 Å². The average molecular weight is 499 g/mol. The van der Waals surface area contributed by atoms with Gasteiger partial charge in [0.1, 0.15) is 0 Å². The summed E-state index contributed by atoms with van der Waals surface area (Å²) in [5, 5.41) is 7.79. The Balaban J connectivity index is 1.55. The van der Waals surface area contributed by atoms with Crippen molar-refractivity contribution in [3.63, 3.8) is 0 Å². The molecule has 0 unspecified atom stereocenters. The van der Waals surface area contributed by atoms with Gasteiger partial charge in [0, 0.05) is 0 Å². The standard InChI is InChI=1S/C39H30/c1-25-7-4-10-28(19-25)31-13-16-34-35-17-14-32(29-11-5-8-26(2)20-29)23-38(35)39-24-33(15-18-36(39)37(34)22-31)30-12-6-9-27(3)21-30/h4-24H,1-3H3. The van der Waals surface area contributed by atoms with Gasteiger partial charge in [-0.2, -0.15) is 0 Å². The maximum Gasteiger partial charge on any atom is -0.00926 e. The van der Waals surface area contributed by atoms with Crippen LogP contribution in [0.3, 0.4) is 0 Å². The summed E-state index contributed by atoms with van der Waals surface area (Å²) in [6.07, 6.45) is 0. The van der Waals surface area contributed by atoms with Crippen molar-refractivity contribution >= 4 is 32.3 Å². The lowest BCUT2D eigenvalue weighted by molar-refractivity contribution is 1.47. The van der Waals surface area contributed by atoms with E-state index in [1.54, 1.807) is 0 Å². The van der Waals surface area contributed by atoms with Crippen LogP contribution in [0.1, 0.15) is 16.7 Å². The normalized spacial score (nSPS) is 11.5. The van der Waals surface area contributed by atoms with Gasteiger partial charge in [-0.15, -0.1) is 0 Å². The summed E-state index contributed by atoms with van der Waals surface area (Å²) in [6, 6.07) is 47.4. The first-order chi connectivity index (χ1) is 19.0. The van der Waals surface area contributed by atoms with Gasteiger partial charge in [0.2, 0.25) is 0 Å². The lowest BCUT2D eigenvalue weighted by Gasteiger charge is -2.15. The molecule has 7 rings (SSSR count). The minimum Gasteiger partial charge on any atom is -0.0614 e. The molecule has 0 amide bonds. The van der Waals surface area contributed by atoms with E-state index in [1.165, 1.54) is 82.4 Å². The van der Waals surface area contributed by atoms with E-state index in [9.17, 15) is 0 Å². The third-order valence-corrected chi connectivity index (χ3v) is 7.98. The van der Waals surface area contributed by atoms with E-state index in [-0.39, 0.29) is 0 Å². The first kappa shape index (κ1) is 23.4. The minimum absolute atomic E-state index is 1.25. The molecule has 0 heterocycles. The van der Waals surface area contributed by atoms with Crippen LogP contribution in [-0.4, -0.2) is 0 Å². The summed E-state index contributed by atoms with van der Waals surface area (Å²) in [6.45, 7) is 6.48. The maximum atomic E-state index is 2.39. The molecule has 0 aliphatic rings. The SMILES string of the molecule is Cc1cccc(-c2ccc3c4ccc(-c5cccc(C)c5)cc4c4cc(-c5cccc(C)c5)ccc4c3c2)c1. The predicted octanol–water partition coefficient (Wildman–Crippen LogP) is 11.1. The Bertz CT molecular complexity index is 2040. The monoisotopic (exact) mass is 498 g/mol. The van der Waals surface area contributed by atoms with Gasteiger partial charge in [0.25, 0.3) is 0 Å². The van der Waals surface area contributed by atoms with Crippen LogP contribution in [0, 0.1) is 20.8 Å². The smallest absolute Gasteiger partial charge is 0.00926 e. The summed E-state index contributed by atoms with van der Waals surface area (Å²) < 4.78 is 0. The van der Waals surface area contributed by atoms with Crippen LogP contribution in [0.5, 0.6) is 0 Å². The summed E-state index contributed by atoms with van der Waals surface area (Å²) in [4.78, 5) is 0. The predicted molar refractivity (Wildman–Crippen MR) is 169 cm³/mol. The molecular weight excluding hydrogens is 468 g/mol. The fourth-order valence-electron chi connectivity index (χ4n) is 6.02. The molecule has 0 spiro atoms. The van der Waals surface area contributed by atoms with Crippen molar-refractivity contribution in [3.8, 4) is 33.4 Å². The molecule has 0 fully saturated rings. The summed E-state index contributed by atoms with van der Waals surface area (Å²) in [5.74, 6) is 0. The fraction of sp³-hybridized carbons (Fsp3) is 0.0769. The van der Waals surface area contributed by atoms with Gasteiger partial charge >= 0.3 is 0 Å². The molecule has 0 saturated heterocycles. The highest BCUT2D eigenvalue weighted by Gasteiger charge is 2.13. The third-order valence-electron chi connectivity index (χ3n) is 7.98. The Hall–Kier alpha value is -4.68. The Morgan fingerprint density at radius 2 is 0.538 bits per heavy atom. The number of rotatable bonds is 3. The Morgan fingerprint density at radius 1 is 0.256 bits per heavy atom. The molecular formula is C39H30. The van der Waals surface area contributed by atoms with Crippen molar-refractivity contribution in [2.45, 2.75) is 20.8 Å². The minimum atomic E-state index is 1.25. The highest BCUT2D eigenvalue weighted by Crippen LogP contribution is 2.40. The second kappa shape index (κ2) is 9.26. The Morgan fingerprint density at radius 3 is 0.872 bits per heavy atom. The van der Waals surface area contributed by atoms with Gasteiger partial charge in [-0.1, -0.05) is 126 Å². The quantitative estimate of drug-likeness (QED) is 0.213. The zero-order chi connectivity index (χ0) is 26.5. The molecule has 0 aliphatic carbocycles. The van der Waals surface area contributed by atoms with E-state index in [1.807, 2.05) is 0 Å². The van der Waals surface area contributed by atoms with Crippen molar-refractivity contribution in [1.82, 2.24) is 0 Å². The van der Waals surface area contributed by atoms with Crippen molar-refractivity contribution in [2.24, 2.45) is 0 Å². The van der Waals surface area contributed by atoms with Crippen LogP contribution in [0.15, 0.2) is 127 Å². The van der Waals surface area contributed by atoms with E-state index in [4.69, 9.17) is 0 Å². The maximum absolute atomic E-state index is 2.39. The van der Waals surface area contributed by atoms with Crippen LogP contribution < -0.4 is 0 Å². The first-order valence-corrected chi connectivity index (χ1v) is 13.7. The van der Waals surface area contributed by atoms with Gasteiger partial charge in [-0.3, -0.25) is 0 Å². The molecule has 7 aromatic carbocycles. The summed E-state index contributed by atoms with van der Waals surface area (Å²) in [7, 11) is 0. The fourth-order valence-corrected chi connectivity index (χ4v) is 6.02. The van der Waals surface area contributed by atoms with Crippen molar-refractivity contribution < 1.29 is 0 Å². The number of benzene rings is 7. The second-order valence-corrected chi connectivity index (χ2v) is 10.9. The molecule has 0 N–H and O–H groups in total. The van der Waals surface area contributed by atoms with Gasteiger partial charge in [0.15, 0.2) is 0 Å². The van der Waals surface area contributed by atoms with E-state index in [2.05, 4.69) is 148 Å². The third kappa shape index (κ3) is 4.19. The molecule has 0 atom stereocenters. The average Bonchev–Trinajstić information content (AvgIpc) is 2.96.